The number of benzene rings is 4. The van der Waals surface area contributed by atoms with Gasteiger partial charge in [0.1, 0.15) is 0 Å². The van der Waals surface area contributed by atoms with E-state index in [0.29, 0.717) is 10.7 Å². The van der Waals surface area contributed by atoms with Crippen molar-refractivity contribution in [2.75, 3.05) is 10.7 Å². The smallest absolute Gasteiger partial charge is 0.300 e. The molecular formula is C42H42Br4O6. The summed E-state index contributed by atoms with van der Waals surface area (Å²) in [6.45, 7) is 4.31. The summed E-state index contributed by atoms with van der Waals surface area (Å²) in [5.74, 6) is -0.364. The van der Waals surface area contributed by atoms with E-state index in [2.05, 4.69) is 72.2 Å². The summed E-state index contributed by atoms with van der Waals surface area (Å²) in [5, 5.41) is 8.12. The fourth-order valence-electron chi connectivity index (χ4n) is 6.74. The van der Waals surface area contributed by atoms with Gasteiger partial charge in [0.15, 0.2) is 23.1 Å². The minimum Gasteiger partial charge on any atom is -0.481 e. The number of fused-ring (bicyclic) bond motifs is 2. The Balaban J connectivity index is 0.000000244. The molecular weight excluding hydrogens is 920 g/mol. The lowest BCUT2D eigenvalue weighted by molar-refractivity contribution is -0.134. The van der Waals surface area contributed by atoms with Gasteiger partial charge in [-0.15, -0.1) is 0 Å². The molecule has 0 aliphatic heterocycles. The Kier molecular flexibility index (Phi) is 18.0. The number of hydrogen-bond donors (Lipinski definition) is 1. The summed E-state index contributed by atoms with van der Waals surface area (Å²) in [5.41, 5.74) is 12.9. The van der Waals surface area contributed by atoms with E-state index in [1.807, 2.05) is 60.7 Å². The first-order chi connectivity index (χ1) is 25.0. The maximum Gasteiger partial charge on any atom is 0.300 e. The fourth-order valence-corrected chi connectivity index (χ4v) is 7.36. The van der Waals surface area contributed by atoms with Crippen molar-refractivity contribution in [2.45, 2.75) is 72.1 Å². The molecule has 0 saturated heterocycles. The number of Topliss-reactive ketones (excluding diaryl/α,β-unsaturated/α-hetero) is 4. The summed E-state index contributed by atoms with van der Waals surface area (Å²) < 4.78 is 0. The third kappa shape index (κ3) is 11.5. The summed E-state index contributed by atoms with van der Waals surface area (Å²) in [7, 11) is 0. The number of ketones is 4. The van der Waals surface area contributed by atoms with Crippen LogP contribution in [-0.2, 0) is 30.5 Å². The Morgan fingerprint density at radius 2 is 0.865 bits per heavy atom. The highest BCUT2D eigenvalue weighted by molar-refractivity contribution is 9.93. The third-order valence-electron chi connectivity index (χ3n) is 9.11. The number of carboxylic acids is 1. The molecule has 0 radical (unpaired) electrons. The molecule has 10 heteroatoms. The molecule has 6 rings (SSSR count). The summed E-state index contributed by atoms with van der Waals surface area (Å²) in [4.78, 5) is 56.2. The molecule has 1 N–H and O–H groups in total. The van der Waals surface area contributed by atoms with Crippen LogP contribution in [-0.4, -0.2) is 44.9 Å². The van der Waals surface area contributed by atoms with Crippen molar-refractivity contribution in [2.24, 2.45) is 0 Å². The number of halogens is 4. The van der Waals surface area contributed by atoms with Crippen LogP contribution in [0.4, 0.5) is 0 Å². The summed E-state index contributed by atoms with van der Waals surface area (Å²) in [6.07, 6.45) is 8.62. The fraction of sp³-hybridized carbons (Fsp3) is 0.310. The van der Waals surface area contributed by atoms with E-state index in [0.717, 1.165) is 85.3 Å². The van der Waals surface area contributed by atoms with E-state index < -0.39 is 5.97 Å². The van der Waals surface area contributed by atoms with Gasteiger partial charge < -0.3 is 5.11 Å². The lowest BCUT2D eigenvalue weighted by Gasteiger charge is -2.22. The molecule has 2 aliphatic carbocycles. The maximum absolute atomic E-state index is 12.2. The molecule has 0 atom stereocenters. The average molecular weight is 962 g/mol. The zero-order valence-corrected chi connectivity index (χ0v) is 35.8. The van der Waals surface area contributed by atoms with Crippen molar-refractivity contribution < 1.29 is 29.1 Å². The Labute approximate surface area is 338 Å². The summed E-state index contributed by atoms with van der Waals surface area (Å²) >= 11 is 12.0. The van der Waals surface area contributed by atoms with Crippen LogP contribution in [0.15, 0.2) is 72.8 Å². The van der Waals surface area contributed by atoms with Gasteiger partial charge in [0.25, 0.3) is 5.97 Å². The molecule has 4 aromatic carbocycles. The normalized spacial score (nSPS) is 12.5. The monoisotopic (exact) mass is 958 g/mol. The average Bonchev–Trinajstić information content (AvgIpc) is 3.17. The van der Waals surface area contributed by atoms with Gasteiger partial charge in [-0.05, 0) is 110 Å². The zero-order valence-electron chi connectivity index (χ0n) is 29.5. The van der Waals surface area contributed by atoms with E-state index >= 15 is 0 Å². The number of carbonyl (C=O) groups is 5. The van der Waals surface area contributed by atoms with Crippen molar-refractivity contribution in [3.63, 3.8) is 0 Å². The van der Waals surface area contributed by atoms with E-state index in [9.17, 15) is 19.2 Å². The summed E-state index contributed by atoms with van der Waals surface area (Å²) in [6, 6.07) is 23.6. The van der Waals surface area contributed by atoms with Crippen molar-refractivity contribution in [3.05, 3.63) is 117 Å². The van der Waals surface area contributed by atoms with Gasteiger partial charge in [-0.3, -0.25) is 24.0 Å². The van der Waals surface area contributed by atoms with Crippen LogP contribution in [0.5, 0.6) is 0 Å². The highest BCUT2D eigenvalue weighted by Gasteiger charge is 2.22. The first kappa shape index (κ1) is 43.4. The molecule has 52 heavy (non-hydrogen) atoms. The van der Waals surface area contributed by atoms with Gasteiger partial charge >= 0.3 is 0 Å². The van der Waals surface area contributed by atoms with Crippen molar-refractivity contribution in [1.82, 2.24) is 0 Å². The van der Waals surface area contributed by atoms with Crippen LogP contribution >= 0.6 is 60.1 Å². The molecule has 4 aromatic rings. The molecule has 6 nitrogen and oxygen atoms in total. The molecule has 0 heterocycles. The van der Waals surface area contributed by atoms with E-state index in [1.165, 1.54) is 39.8 Å². The van der Waals surface area contributed by atoms with E-state index in [-0.39, 0.29) is 23.1 Å². The van der Waals surface area contributed by atoms with Crippen LogP contribution in [0, 0.1) is 0 Å². The van der Waals surface area contributed by atoms with E-state index in [1.54, 1.807) is 13.8 Å². The highest BCUT2D eigenvalue weighted by Crippen LogP contribution is 2.36. The molecule has 0 unspecified atom stereocenters. The number of carbonyl (C=O) groups excluding carboxylic acids is 4. The minimum absolute atomic E-state index is 0.0838. The molecule has 0 bridgehead atoms. The Bertz CT molecular complexity index is 1900. The Morgan fingerprint density at radius 3 is 1.25 bits per heavy atom. The minimum atomic E-state index is -0.833. The number of carboxylic acid groups (broad SMARTS) is 1. The Hall–Kier alpha value is -3.05. The van der Waals surface area contributed by atoms with E-state index in [4.69, 9.17) is 9.90 Å². The largest absolute Gasteiger partial charge is 0.481 e. The third-order valence-corrected chi connectivity index (χ3v) is 10.1. The van der Waals surface area contributed by atoms with Crippen molar-refractivity contribution in [1.29, 1.82) is 0 Å². The molecule has 0 amide bonds. The topological polar surface area (TPSA) is 106 Å². The second-order valence-electron chi connectivity index (χ2n) is 12.5. The van der Waals surface area contributed by atoms with Crippen LogP contribution < -0.4 is 0 Å². The molecule has 0 fully saturated rings. The van der Waals surface area contributed by atoms with Gasteiger partial charge in [0.05, 0.1) is 10.7 Å². The van der Waals surface area contributed by atoms with Crippen LogP contribution in [0.3, 0.4) is 0 Å². The molecule has 0 spiro atoms. The Morgan fingerprint density at radius 1 is 0.500 bits per heavy atom. The van der Waals surface area contributed by atoms with Gasteiger partial charge in [-0.25, -0.2) is 0 Å². The SMILES string of the molecule is BrBr.CC(=O)O.CC(=O)c1ccc(-c2ccc(C(C)=O)c3c2CCCC3)cc1.O=C(CBr)c1ccc(-c2ccc(C(=O)CBr)c3c2CCCC3)cc1. The van der Waals surface area contributed by atoms with Crippen LogP contribution in [0.1, 0.15) is 110 Å². The number of aliphatic carboxylic acids is 1. The quantitative estimate of drug-likeness (QED) is 0.139. The van der Waals surface area contributed by atoms with Crippen LogP contribution in [0.25, 0.3) is 22.3 Å². The zero-order chi connectivity index (χ0) is 38.4. The second kappa shape index (κ2) is 21.6. The van der Waals surface area contributed by atoms with Crippen molar-refractivity contribution >= 4 is 89.2 Å². The van der Waals surface area contributed by atoms with Crippen molar-refractivity contribution in [3.8, 4) is 22.3 Å². The first-order valence-electron chi connectivity index (χ1n) is 17.0. The second-order valence-corrected chi connectivity index (χ2v) is 13.7. The number of alkyl halides is 2. The highest BCUT2D eigenvalue weighted by atomic mass is 80.9. The molecule has 0 saturated carbocycles. The molecule has 274 valence electrons. The van der Waals surface area contributed by atoms with Crippen LogP contribution in [0.2, 0.25) is 0 Å². The lowest BCUT2D eigenvalue weighted by atomic mass is 9.82. The lowest BCUT2D eigenvalue weighted by Crippen LogP contribution is -2.12. The predicted octanol–water partition coefficient (Wildman–Crippen LogP) is 11.8. The maximum atomic E-state index is 12.2. The standard InChI is InChI=1S/C20H18Br2O2.C20H20O2.C2H4O2.Br2/c21-11-19(23)14-7-5-13(6-8-14)15-9-10-18(20(24)12-22)17-4-2-1-3-16(15)17;1-13(21)15-7-9-16(10-8-15)18-12-11-17(14(2)22)19-5-3-4-6-20(18)19;1-2(3)4;1-2/h5-10H,1-4,11-12H2;7-12H,3-6H2,1-2H3;1H3,(H,3,4);. The molecule has 2 aliphatic rings. The van der Waals surface area contributed by atoms with Gasteiger partial charge in [-0.2, -0.15) is 0 Å². The predicted molar refractivity (Wildman–Crippen MR) is 224 cm³/mol. The number of rotatable bonds is 8. The number of hydrogen-bond acceptors (Lipinski definition) is 5. The van der Waals surface area contributed by atoms with Gasteiger partial charge in [0, 0.05) is 57.4 Å². The van der Waals surface area contributed by atoms with Gasteiger partial charge in [0.2, 0.25) is 0 Å². The first-order valence-corrected chi connectivity index (χ1v) is 23.0. The van der Waals surface area contributed by atoms with Gasteiger partial charge in [-0.1, -0.05) is 105 Å². The molecule has 0 aromatic heterocycles.